The number of aliphatic hydroxyl groups is 9. The van der Waals surface area contributed by atoms with Gasteiger partial charge < -0.3 is 94.8 Å². The first kappa shape index (κ1) is 38.8. The minimum Gasteiger partial charge on any atom is -0.504 e. The van der Waals surface area contributed by atoms with Crippen LogP contribution in [0.15, 0.2) is 34.7 Å². The molecule has 20 heteroatoms. The van der Waals surface area contributed by atoms with Crippen LogP contribution in [0.2, 0.25) is 0 Å². The second kappa shape index (κ2) is 15.1. The fraction of sp³-hybridized carbons (Fsp3) is 0.545. The fourth-order valence-corrected chi connectivity index (χ4v) is 6.11. The van der Waals surface area contributed by atoms with Gasteiger partial charge in [-0.25, -0.2) is 4.42 Å². The summed E-state index contributed by atoms with van der Waals surface area (Å²) in [6, 6.07) is 5.52. The highest BCUT2D eigenvalue weighted by atomic mass is 16.7. The van der Waals surface area contributed by atoms with E-state index in [1.807, 2.05) is 0 Å². The van der Waals surface area contributed by atoms with Crippen LogP contribution in [-0.2, 0) is 18.9 Å². The molecule has 3 aliphatic rings. The molecule has 20 nitrogen and oxygen atoms in total. The standard InChI is InChI=1S/C33H40O20/c1-9-20(37)24(41)27(44)31(48-9)47-8-19-23(40)26(43)29(46)33(53-19)52-18-6-11-3-13(34)17(51-32-28(45)25(42)21(38)10(2)49-32)7-16(11)50-30(18)12-4-14(35)22(39)15(36)5-12/h3-7,9-10,19-21,23-29,31-33,37-38,40-46H,8H2,1-2H3,(H3-,34,35,36,39)/p+1/t9-,10-,19-,20-,21-,23+,24+,25+,26+,27+,28+,29-,31+,32-,33+/m0/s1. The van der Waals surface area contributed by atoms with E-state index in [-0.39, 0.29) is 33.8 Å². The van der Waals surface area contributed by atoms with Gasteiger partial charge in [0, 0.05) is 24.3 Å². The predicted molar refractivity (Wildman–Crippen MR) is 171 cm³/mol. The number of benzene rings is 2. The molecule has 6 rings (SSSR count). The van der Waals surface area contributed by atoms with E-state index in [1.54, 1.807) is 0 Å². The fourth-order valence-electron chi connectivity index (χ4n) is 6.11. The molecule has 0 aliphatic carbocycles. The van der Waals surface area contributed by atoms with Crippen LogP contribution in [0.4, 0.5) is 0 Å². The number of phenolic OH excluding ortho intramolecular Hbond substituents is 4. The molecule has 0 radical (unpaired) electrons. The molecule has 13 N–H and O–H groups in total. The summed E-state index contributed by atoms with van der Waals surface area (Å²) in [5.41, 5.74) is -0.183. The van der Waals surface area contributed by atoms with Crippen molar-refractivity contribution in [2.45, 2.75) is 106 Å². The van der Waals surface area contributed by atoms with Crippen LogP contribution in [-0.4, -0.2) is 165 Å². The van der Waals surface area contributed by atoms with Crippen LogP contribution in [0.5, 0.6) is 34.5 Å². The highest BCUT2D eigenvalue weighted by Crippen LogP contribution is 2.45. The number of rotatable bonds is 8. The van der Waals surface area contributed by atoms with E-state index in [2.05, 4.69) is 0 Å². The maximum absolute atomic E-state index is 10.9. The first-order valence-corrected chi connectivity index (χ1v) is 16.4. The van der Waals surface area contributed by atoms with Gasteiger partial charge in [-0.2, -0.15) is 0 Å². The summed E-state index contributed by atoms with van der Waals surface area (Å²) in [6.07, 6.45) is -23.4. The maximum Gasteiger partial charge on any atom is 0.402 e. The Bertz CT molecular complexity index is 1750. The van der Waals surface area contributed by atoms with Crippen LogP contribution in [0.25, 0.3) is 22.3 Å². The summed E-state index contributed by atoms with van der Waals surface area (Å²) in [5, 5.41) is 135. The third-order valence-electron chi connectivity index (χ3n) is 9.34. The van der Waals surface area contributed by atoms with Gasteiger partial charge in [0.25, 0.3) is 0 Å². The Balaban J connectivity index is 1.32. The maximum atomic E-state index is 10.9. The molecule has 53 heavy (non-hydrogen) atoms. The number of phenols is 4. The number of fused-ring (bicyclic) bond motifs is 1. The first-order chi connectivity index (χ1) is 25.0. The van der Waals surface area contributed by atoms with Crippen LogP contribution < -0.4 is 9.47 Å². The lowest BCUT2D eigenvalue weighted by molar-refractivity contribution is -0.318. The SMILES string of the molecule is C[C@@H]1O[C@@H](OC[C@@H]2O[C@@H](Oc3cc4cc(O)c(O[C@@H]5O[C@@H](C)[C@H](O)[C@@H](O)[C@H]5O)cc4[o+]c3-c3cc(O)c(O)c(O)c3)[C@@H](O)[C@H](O)[C@@H]2O)[C@H](O)[C@H](O)[C@H]1O. The van der Waals surface area contributed by atoms with Gasteiger partial charge in [-0.3, -0.25) is 0 Å². The molecule has 3 saturated heterocycles. The van der Waals surface area contributed by atoms with Crippen LogP contribution >= 0.6 is 0 Å². The summed E-state index contributed by atoms with van der Waals surface area (Å²) >= 11 is 0. The van der Waals surface area contributed by atoms with E-state index in [0.717, 1.165) is 24.3 Å². The summed E-state index contributed by atoms with van der Waals surface area (Å²) in [7, 11) is 0. The quantitative estimate of drug-likeness (QED) is 0.0830. The molecule has 292 valence electrons. The Morgan fingerprint density at radius 3 is 1.66 bits per heavy atom. The van der Waals surface area contributed by atoms with Gasteiger partial charge in [-0.15, -0.1) is 0 Å². The number of hydrogen-bond donors (Lipinski definition) is 13. The Morgan fingerprint density at radius 1 is 0.547 bits per heavy atom. The molecule has 2 aromatic carbocycles. The lowest BCUT2D eigenvalue weighted by Crippen LogP contribution is -2.61. The Hall–Kier alpha value is -3.87. The molecule has 3 fully saturated rings. The van der Waals surface area contributed by atoms with Crippen molar-refractivity contribution in [3.05, 3.63) is 30.3 Å². The van der Waals surface area contributed by atoms with Crippen molar-refractivity contribution in [2.24, 2.45) is 0 Å². The van der Waals surface area contributed by atoms with Crippen LogP contribution in [0.3, 0.4) is 0 Å². The number of aliphatic hydroxyl groups excluding tert-OH is 9. The van der Waals surface area contributed by atoms with Crippen molar-refractivity contribution >= 4 is 11.0 Å². The number of aromatic hydroxyl groups is 4. The molecule has 0 saturated carbocycles. The zero-order chi connectivity index (χ0) is 38.6. The third kappa shape index (κ3) is 7.47. The molecule has 4 heterocycles. The number of ether oxygens (including phenoxy) is 6. The summed E-state index contributed by atoms with van der Waals surface area (Å²) < 4.78 is 39.7. The van der Waals surface area contributed by atoms with Gasteiger partial charge in [0.2, 0.25) is 18.3 Å². The van der Waals surface area contributed by atoms with Crippen LogP contribution in [0.1, 0.15) is 13.8 Å². The molecule has 3 aromatic rings. The normalized spacial score (nSPS) is 37.8. The van der Waals surface area contributed by atoms with Gasteiger partial charge in [0.05, 0.1) is 35.8 Å². The molecule has 0 unspecified atom stereocenters. The molecule has 0 amide bonds. The lowest BCUT2D eigenvalue weighted by atomic mass is 9.98. The van der Waals surface area contributed by atoms with E-state index in [9.17, 15) is 66.4 Å². The summed E-state index contributed by atoms with van der Waals surface area (Å²) in [6.45, 7) is 2.26. The van der Waals surface area contributed by atoms with Gasteiger partial charge in [0.1, 0.15) is 61.0 Å². The van der Waals surface area contributed by atoms with Crippen molar-refractivity contribution in [2.75, 3.05) is 6.61 Å². The molecule has 0 bridgehead atoms. The smallest absolute Gasteiger partial charge is 0.402 e. The second-order valence-electron chi connectivity index (χ2n) is 13.1. The minimum absolute atomic E-state index is 0.0643. The Kier molecular flexibility index (Phi) is 11.1. The zero-order valence-corrected chi connectivity index (χ0v) is 27.9. The van der Waals surface area contributed by atoms with Crippen molar-refractivity contribution in [1.29, 1.82) is 0 Å². The monoisotopic (exact) mass is 757 g/mol. The van der Waals surface area contributed by atoms with Crippen molar-refractivity contribution in [3.63, 3.8) is 0 Å². The van der Waals surface area contributed by atoms with Crippen LogP contribution in [0, 0.1) is 0 Å². The van der Waals surface area contributed by atoms with E-state index in [1.165, 1.54) is 19.9 Å². The lowest BCUT2D eigenvalue weighted by Gasteiger charge is -2.42. The first-order valence-electron chi connectivity index (χ1n) is 16.4. The van der Waals surface area contributed by atoms with E-state index in [4.69, 9.17) is 32.8 Å². The third-order valence-corrected chi connectivity index (χ3v) is 9.34. The molecule has 15 atom stereocenters. The van der Waals surface area contributed by atoms with Gasteiger partial charge in [-0.1, -0.05) is 0 Å². The molecular weight excluding hydrogens is 716 g/mol. The topological polar surface area (TPSA) is 330 Å². The Labute approximate surface area is 299 Å². The zero-order valence-electron chi connectivity index (χ0n) is 27.9. The molecular formula is C33H41O20+. The minimum atomic E-state index is -1.93. The van der Waals surface area contributed by atoms with Gasteiger partial charge in [-0.05, 0) is 13.8 Å². The average Bonchev–Trinajstić information content (AvgIpc) is 3.12. The Morgan fingerprint density at radius 2 is 1.06 bits per heavy atom. The molecule has 1 aromatic heterocycles. The number of hydrogen-bond acceptors (Lipinski definition) is 19. The van der Waals surface area contributed by atoms with Gasteiger partial charge >= 0.3 is 11.3 Å². The second-order valence-corrected chi connectivity index (χ2v) is 13.1. The molecule has 0 spiro atoms. The van der Waals surface area contributed by atoms with E-state index in [0.29, 0.717) is 0 Å². The van der Waals surface area contributed by atoms with Gasteiger partial charge in [0.15, 0.2) is 35.0 Å². The van der Waals surface area contributed by atoms with Crippen molar-refractivity contribution in [1.82, 2.24) is 0 Å². The summed E-state index contributed by atoms with van der Waals surface area (Å²) in [5.74, 6) is -3.87. The van der Waals surface area contributed by atoms with Crippen molar-refractivity contribution in [3.8, 4) is 45.8 Å². The average molecular weight is 758 g/mol. The highest BCUT2D eigenvalue weighted by Gasteiger charge is 2.48. The molecule has 3 aliphatic heterocycles. The predicted octanol–water partition coefficient (Wildman–Crippen LogP) is -2.56. The largest absolute Gasteiger partial charge is 0.504 e. The summed E-state index contributed by atoms with van der Waals surface area (Å²) in [4.78, 5) is 0. The van der Waals surface area contributed by atoms with Crippen molar-refractivity contribution < 1.29 is 99.2 Å². The van der Waals surface area contributed by atoms with E-state index >= 15 is 0 Å². The highest BCUT2D eigenvalue weighted by molar-refractivity contribution is 5.85. The van der Waals surface area contributed by atoms with E-state index < -0.39 is 122 Å².